The minimum atomic E-state index is -3.63. The SMILES string of the molecule is CC1CC(C)CN(S(=O)(=O)c2cccc(C(=O)N3CCN(C)CC3c3ccccc3)c2)C1. The van der Waals surface area contributed by atoms with Gasteiger partial charge in [-0.15, -0.1) is 0 Å². The van der Waals surface area contributed by atoms with Crippen molar-refractivity contribution >= 4 is 15.9 Å². The molecule has 172 valence electrons. The third kappa shape index (κ3) is 4.75. The number of piperazine rings is 1. The third-order valence-electron chi connectivity index (χ3n) is 6.58. The summed E-state index contributed by atoms with van der Waals surface area (Å²) in [5, 5.41) is 0. The summed E-state index contributed by atoms with van der Waals surface area (Å²) in [6.45, 7) is 7.38. The summed E-state index contributed by atoms with van der Waals surface area (Å²) in [6.07, 6.45) is 1.04. The van der Waals surface area contributed by atoms with Crippen molar-refractivity contribution < 1.29 is 13.2 Å². The Kier molecular flexibility index (Phi) is 6.70. The van der Waals surface area contributed by atoms with Crippen LogP contribution in [0.15, 0.2) is 59.5 Å². The lowest BCUT2D eigenvalue weighted by Gasteiger charge is -2.40. The summed E-state index contributed by atoms with van der Waals surface area (Å²) in [6, 6.07) is 16.5. The van der Waals surface area contributed by atoms with Gasteiger partial charge in [-0.05, 0) is 49.1 Å². The van der Waals surface area contributed by atoms with Crippen molar-refractivity contribution in [3.8, 4) is 0 Å². The van der Waals surface area contributed by atoms with Gasteiger partial charge in [-0.2, -0.15) is 4.31 Å². The second-order valence-corrected chi connectivity index (χ2v) is 11.4. The molecule has 0 spiro atoms. The molecule has 0 aliphatic carbocycles. The van der Waals surface area contributed by atoms with Crippen LogP contribution in [0.2, 0.25) is 0 Å². The molecule has 0 N–H and O–H groups in total. The van der Waals surface area contributed by atoms with Crippen LogP contribution >= 0.6 is 0 Å². The first-order chi connectivity index (χ1) is 15.3. The number of rotatable bonds is 4. The molecule has 7 heteroatoms. The van der Waals surface area contributed by atoms with E-state index < -0.39 is 10.0 Å². The van der Waals surface area contributed by atoms with Gasteiger partial charge in [0, 0.05) is 38.3 Å². The molecule has 2 saturated heterocycles. The van der Waals surface area contributed by atoms with Gasteiger partial charge in [-0.1, -0.05) is 50.2 Å². The zero-order chi connectivity index (χ0) is 22.9. The van der Waals surface area contributed by atoms with Gasteiger partial charge in [0.1, 0.15) is 0 Å². The van der Waals surface area contributed by atoms with Gasteiger partial charge in [0.25, 0.3) is 5.91 Å². The van der Waals surface area contributed by atoms with E-state index in [1.807, 2.05) is 35.2 Å². The number of sulfonamides is 1. The molecule has 3 atom stereocenters. The molecule has 2 fully saturated rings. The summed E-state index contributed by atoms with van der Waals surface area (Å²) in [4.78, 5) is 17.9. The van der Waals surface area contributed by atoms with E-state index in [0.29, 0.717) is 37.0 Å². The van der Waals surface area contributed by atoms with Crippen LogP contribution in [-0.2, 0) is 10.0 Å². The number of carbonyl (C=O) groups is 1. The van der Waals surface area contributed by atoms with Gasteiger partial charge >= 0.3 is 0 Å². The molecule has 0 saturated carbocycles. The second kappa shape index (κ2) is 9.33. The van der Waals surface area contributed by atoms with Crippen LogP contribution in [0.3, 0.4) is 0 Å². The third-order valence-corrected chi connectivity index (χ3v) is 8.41. The number of carbonyl (C=O) groups excluding carboxylic acids is 1. The maximum absolute atomic E-state index is 13.5. The average molecular weight is 456 g/mol. The van der Waals surface area contributed by atoms with Crippen molar-refractivity contribution in [1.82, 2.24) is 14.1 Å². The van der Waals surface area contributed by atoms with Crippen LogP contribution in [0.1, 0.15) is 42.2 Å². The second-order valence-electron chi connectivity index (χ2n) is 9.48. The molecule has 2 heterocycles. The van der Waals surface area contributed by atoms with Gasteiger partial charge in [0.05, 0.1) is 10.9 Å². The van der Waals surface area contributed by atoms with Gasteiger partial charge in [0.15, 0.2) is 0 Å². The Morgan fingerprint density at radius 2 is 1.59 bits per heavy atom. The molecule has 2 aromatic rings. The number of hydrogen-bond acceptors (Lipinski definition) is 4. The Hall–Kier alpha value is -2.22. The maximum atomic E-state index is 13.5. The van der Waals surface area contributed by atoms with Crippen molar-refractivity contribution in [2.24, 2.45) is 11.8 Å². The first kappa shape index (κ1) is 23.0. The largest absolute Gasteiger partial charge is 0.329 e. The van der Waals surface area contributed by atoms with Gasteiger partial charge in [-0.3, -0.25) is 4.79 Å². The van der Waals surface area contributed by atoms with E-state index in [1.54, 1.807) is 28.6 Å². The highest BCUT2D eigenvalue weighted by molar-refractivity contribution is 7.89. The average Bonchev–Trinajstić information content (AvgIpc) is 2.78. The number of amides is 1. The van der Waals surface area contributed by atoms with E-state index in [1.165, 1.54) is 0 Å². The monoisotopic (exact) mass is 455 g/mol. The number of hydrogen-bond donors (Lipinski definition) is 0. The summed E-state index contributed by atoms with van der Waals surface area (Å²) >= 11 is 0. The van der Waals surface area contributed by atoms with Crippen LogP contribution < -0.4 is 0 Å². The zero-order valence-corrected chi connectivity index (χ0v) is 20.0. The van der Waals surface area contributed by atoms with Crippen molar-refractivity contribution in [1.29, 1.82) is 0 Å². The normalized spacial score (nSPS) is 25.6. The summed E-state index contributed by atoms with van der Waals surface area (Å²) in [5.74, 6) is 0.537. The van der Waals surface area contributed by atoms with Crippen molar-refractivity contribution in [2.45, 2.75) is 31.2 Å². The number of nitrogens with zero attached hydrogens (tertiary/aromatic N) is 3. The summed E-state index contributed by atoms with van der Waals surface area (Å²) < 4.78 is 28.3. The van der Waals surface area contributed by atoms with Crippen molar-refractivity contribution in [3.05, 3.63) is 65.7 Å². The minimum Gasteiger partial charge on any atom is -0.329 e. The lowest BCUT2D eigenvalue weighted by molar-refractivity contribution is 0.0498. The first-order valence-electron chi connectivity index (χ1n) is 11.4. The highest BCUT2D eigenvalue weighted by Gasteiger charge is 2.34. The number of benzene rings is 2. The molecule has 0 radical (unpaired) electrons. The lowest BCUT2D eigenvalue weighted by atomic mass is 9.94. The van der Waals surface area contributed by atoms with E-state index in [4.69, 9.17) is 0 Å². The van der Waals surface area contributed by atoms with Gasteiger partial charge in [0.2, 0.25) is 10.0 Å². The molecule has 2 aromatic carbocycles. The van der Waals surface area contributed by atoms with Crippen molar-refractivity contribution in [2.75, 3.05) is 39.8 Å². The molecule has 0 bridgehead atoms. The van der Waals surface area contributed by atoms with Crippen LogP contribution in [-0.4, -0.2) is 68.2 Å². The van der Waals surface area contributed by atoms with Gasteiger partial charge < -0.3 is 9.80 Å². The summed E-state index contributed by atoms with van der Waals surface area (Å²) in [7, 11) is -1.57. The smallest absolute Gasteiger partial charge is 0.254 e. The first-order valence-corrected chi connectivity index (χ1v) is 12.8. The highest BCUT2D eigenvalue weighted by Crippen LogP contribution is 2.29. The molecule has 6 nitrogen and oxygen atoms in total. The quantitative estimate of drug-likeness (QED) is 0.708. The Labute approximate surface area is 191 Å². The fourth-order valence-corrected chi connectivity index (χ4v) is 6.76. The molecule has 4 rings (SSSR count). The standard InChI is InChI=1S/C25H33N3O3S/c1-19-14-20(2)17-27(16-19)32(30,31)23-11-7-10-22(15-23)25(29)28-13-12-26(3)18-24(28)21-8-5-4-6-9-21/h4-11,15,19-20,24H,12-14,16-18H2,1-3H3. The molecule has 3 unspecified atom stereocenters. The van der Waals surface area contributed by atoms with Gasteiger partial charge in [-0.25, -0.2) is 8.42 Å². The minimum absolute atomic E-state index is 0.0634. The molecule has 1 amide bonds. The fourth-order valence-electron chi connectivity index (χ4n) is 5.03. The Morgan fingerprint density at radius 3 is 2.28 bits per heavy atom. The van der Waals surface area contributed by atoms with Crippen LogP contribution in [0.4, 0.5) is 0 Å². The zero-order valence-electron chi connectivity index (χ0n) is 19.1. The molecule has 2 aliphatic heterocycles. The van der Waals surface area contributed by atoms with Crippen LogP contribution in [0.5, 0.6) is 0 Å². The molecule has 0 aromatic heterocycles. The predicted molar refractivity (Wildman–Crippen MR) is 126 cm³/mol. The Bertz CT molecular complexity index is 1050. The number of piperidine rings is 1. The maximum Gasteiger partial charge on any atom is 0.254 e. The van der Waals surface area contributed by atoms with Crippen LogP contribution in [0.25, 0.3) is 0 Å². The topological polar surface area (TPSA) is 60.9 Å². The molecular formula is C25H33N3O3S. The Morgan fingerprint density at radius 1 is 0.906 bits per heavy atom. The predicted octanol–water partition coefficient (Wildman–Crippen LogP) is 3.48. The van der Waals surface area contributed by atoms with E-state index in [-0.39, 0.29) is 16.8 Å². The van der Waals surface area contributed by atoms with Crippen LogP contribution in [0, 0.1) is 11.8 Å². The molecule has 2 aliphatic rings. The van der Waals surface area contributed by atoms with E-state index in [9.17, 15) is 13.2 Å². The van der Waals surface area contributed by atoms with E-state index in [2.05, 4.69) is 25.8 Å². The Balaban J connectivity index is 1.61. The highest BCUT2D eigenvalue weighted by atomic mass is 32.2. The fraction of sp³-hybridized carbons (Fsp3) is 0.480. The molecular weight excluding hydrogens is 422 g/mol. The van der Waals surface area contributed by atoms with Crippen molar-refractivity contribution in [3.63, 3.8) is 0 Å². The molecule has 32 heavy (non-hydrogen) atoms. The van der Waals surface area contributed by atoms with E-state index >= 15 is 0 Å². The summed E-state index contributed by atoms with van der Waals surface area (Å²) in [5.41, 5.74) is 1.52. The van der Waals surface area contributed by atoms with E-state index in [0.717, 1.165) is 25.1 Å². The number of likely N-dealkylation sites (N-methyl/N-ethyl adjacent to an activating group) is 1. The lowest BCUT2D eigenvalue weighted by Crippen LogP contribution is -2.49.